The number of halogens is 5. The highest BCUT2D eigenvalue weighted by Gasteiger charge is 2.48. The molecule has 13 heteroatoms. The fourth-order valence-electron chi connectivity index (χ4n) is 4.98. The lowest BCUT2D eigenvalue weighted by molar-refractivity contribution is -0.173. The molecule has 0 aliphatic carbocycles. The summed E-state index contributed by atoms with van der Waals surface area (Å²) in [5.41, 5.74) is 1.12. The Bertz CT molecular complexity index is 1360. The van der Waals surface area contributed by atoms with Gasteiger partial charge >= 0.3 is 6.18 Å². The fourth-order valence-corrected chi connectivity index (χ4v) is 5.24. The lowest BCUT2D eigenvalue weighted by Crippen LogP contribution is -2.49. The molecular formula is C26H26ClF4N5O3. The number of nitrogens with zero attached hydrogens (tertiary/aromatic N) is 4. The van der Waals surface area contributed by atoms with Gasteiger partial charge < -0.3 is 24.6 Å². The van der Waals surface area contributed by atoms with E-state index in [9.17, 15) is 22.4 Å². The number of hydrogen-bond donors (Lipinski definition) is 1. The molecule has 2 aliphatic rings. The van der Waals surface area contributed by atoms with Gasteiger partial charge in [0, 0.05) is 38.3 Å². The Morgan fingerprint density at radius 1 is 1.03 bits per heavy atom. The second-order valence-electron chi connectivity index (χ2n) is 9.32. The highest BCUT2D eigenvalue weighted by atomic mass is 35.5. The summed E-state index contributed by atoms with van der Waals surface area (Å²) in [4.78, 5) is 16.9. The quantitative estimate of drug-likeness (QED) is 0.421. The second kappa shape index (κ2) is 10.5. The standard InChI is InChI=1S/C26H26ClF4N5O3/c1-38-19-8-3-15(13-20(19)39-2)18-14-21(26(29,30)31)36-24(32-18)22(27)23(33-36)25(37)35-11-9-34(10-12-35)17-6-4-16(28)5-7-17/h3-8,13,18,21,32H,9-12,14H2,1-2H3. The molecule has 1 amide bonds. The number of rotatable bonds is 5. The average molecular weight is 568 g/mol. The Hall–Kier alpha value is -3.67. The van der Waals surface area contributed by atoms with Gasteiger partial charge in [-0.05, 0) is 42.0 Å². The molecule has 3 aromatic rings. The first-order valence-corrected chi connectivity index (χ1v) is 12.6. The molecule has 0 spiro atoms. The zero-order valence-electron chi connectivity index (χ0n) is 21.1. The van der Waals surface area contributed by atoms with Gasteiger partial charge in [-0.15, -0.1) is 0 Å². The lowest BCUT2D eigenvalue weighted by Gasteiger charge is -2.35. The predicted octanol–water partition coefficient (Wildman–Crippen LogP) is 5.32. The molecule has 2 atom stereocenters. The molecule has 1 saturated heterocycles. The van der Waals surface area contributed by atoms with Gasteiger partial charge in [-0.25, -0.2) is 9.07 Å². The van der Waals surface area contributed by atoms with Crippen molar-refractivity contribution in [2.24, 2.45) is 0 Å². The van der Waals surface area contributed by atoms with E-state index < -0.39 is 24.2 Å². The van der Waals surface area contributed by atoms with Gasteiger partial charge in [-0.3, -0.25) is 4.79 Å². The van der Waals surface area contributed by atoms with Crippen LogP contribution in [0.5, 0.6) is 11.5 Å². The van der Waals surface area contributed by atoms with Gasteiger partial charge in [-0.2, -0.15) is 18.3 Å². The monoisotopic (exact) mass is 567 g/mol. The maximum absolute atomic E-state index is 14.2. The number of hydrogen-bond acceptors (Lipinski definition) is 6. The van der Waals surface area contributed by atoms with Gasteiger partial charge in [0.15, 0.2) is 23.2 Å². The molecule has 39 heavy (non-hydrogen) atoms. The van der Waals surface area contributed by atoms with Gasteiger partial charge in [0.1, 0.15) is 16.7 Å². The minimum absolute atomic E-state index is 0.0710. The smallest absolute Gasteiger partial charge is 0.410 e. The van der Waals surface area contributed by atoms with Crippen LogP contribution in [0.1, 0.15) is 34.6 Å². The van der Waals surface area contributed by atoms with Crippen molar-refractivity contribution >= 4 is 29.0 Å². The van der Waals surface area contributed by atoms with Crippen molar-refractivity contribution in [2.75, 3.05) is 50.6 Å². The first-order valence-electron chi connectivity index (χ1n) is 12.2. The Morgan fingerprint density at radius 3 is 2.31 bits per heavy atom. The molecule has 1 aromatic heterocycles. The number of carbonyl (C=O) groups is 1. The summed E-state index contributed by atoms with van der Waals surface area (Å²) in [6, 6.07) is 8.14. The number of amides is 1. The maximum atomic E-state index is 14.2. The minimum atomic E-state index is -4.64. The highest BCUT2D eigenvalue weighted by molar-refractivity contribution is 6.36. The van der Waals surface area contributed by atoms with Crippen LogP contribution in [0.4, 0.5) is 29.1 Å². The molecule has 0 bridgehead atoms. The van der Waals surface area contributed by atoms with Crippen molar-refractivity contribution in [1.82, 2.24) is 14.7 Å². The summed E-state index contributed by atoms with van der Waals surface area (Å²) in [6.45, 7) is 1.54. The summed E-state index contributed by atoms with van der Waals surface area (Å²) in [5.74, 6) is -0.143. The van der Waals surface area contributed by atoms with Crippen molar-refractivity contribution in [1.29, 1.82) is 0 Å². The number of fused-ring (bicyclic) bond motifs is 1. The third kappa shape index (κ3) is 5.17. The first kappa shape index (κ1) is 26.9. The van der Waals surface area contributed by atoms with Crippen LogP contribution in [0.2, 0.25) is 5.02 Å². The molecule has 208 valence electrons. The maximum Gasteiger partial charge on any atom is 0.410 e. The molecule has 0 radical (unpaired) electrons. The number of ether oxygens (including phenoxy) is 2. The van der Waals surface area contributed by atoms with Crippen LogP contribution in [0.3, 0.4) is 0 Å². The SMILES string of the molecule is COc1ccc(C2CC(C(F)(F)F)n3nc(C(=O)N4CCN(c5ccc(F)cc5)CC4)c(Cl)c3N2)cc1OC. The summed E-state index contributed by atoms with van der Waals surface area (Å²) in [7, 11) is 2.91. The van der Waals surface area contributed by atoms with Crippen molar-refractivity contribution in [3.8, 4) is 11.5 Å². The predicted molar refractivity (Wildman–Crippen MR) is 137 cm³/mol. The number of benzene rings is 2. The minimum Gasteiger partial charge on any atom is -0.493 e. The average Bonchev–Trinajstić information content (AvgIpc) is 3.27. The summed E-state index contributed by atoms with van der Waals surface area (Å²) < 4.78 is 67.2. The zero-order chi connectivity index (χ0) is 27.9. The van der Waals surface area contributed by atoms with Crippen LogP contribution < -0.4 is 19.7 Å². The third-order valence-corrected chi connectivity index (χ3v) is 7.42. The van der Waals surface area contributed by atoms with E-state index in [4.69, 9.17) is 21.1 Å². The van der Waals surface area contributed by atoms with E-state index in [0.29, 0.717) is 43.2 Å². The molecule has 8 nitrogen and oxygen atoms in total. The van der Waals surface area contributed by atoms with Crippen molar-refractivity contribution in [2.45, 2.75) is 24.7 Å². The normalized spacial score (nSPS) is 19.4. The van der Waals surface area contributed by atoms with E-state index in [0.717, 1.165) is 10.4 Å². The Balaban J connectivity index is 1.39. The first-order chi connectivity index (χ1) is 18.6. The highest BCUT2D eigenvalue weighted by Crippen LogP contribution is 2.47. The van der Waals surface area contributed by atoms with E-state index >= 15 is 0 Å². The van der Waals surface area contributed by atoms with Crippen LogP contribution in [-0.2, 0) is 0 Å². The molecule has 3 heterocycles. The van der Waals surface area contributed by atoms with Gasteiger partial charge in [0.25, 0.3) is 5.91 Å². The zero-order valence-corrected chi connectivity index (χ0v) is 21.9. The van der Waals surface area contributed by atoms with Crippen LogP contribution in [-0.4, -0.2) is 67.2 Å². The number of anilines is 2. The summed E-state index contributed by atoms with van der Waals surface area (Å²) >= 11 is 6.52. The second-order valence-corrected chi connectivity index (χ2v) is 9.69. The van der Waals surface area contributed by atoms with E-state index in [-0.39, 0.29) is 28.8 Å². The molecule has 1 fully saturated rings. The summed E-state index contributed by atoms with van der Waals surface area (Å²) in [6.07, 6.45) is -5.00. The number of alkyl halides is 3. The number of nitrogens with one attached hydrogen (secondary N) is 1. The van der Waals surface area contributed by atoms with Crippen molar-refractivity contribution in [3.63, 3.8) is 0 Å². The number of piperazine rings is 1. The lowest BCUT2D eigenvalue weighted by atomic mass is 9.96. The van der Waals surface area contributed by atoms with E-state index in [1.165, 1.54) is 31.3 Å². The van der Waals surface area contributed by atoms with Gasteiger partial charge in [0.2, 0.25) is 0 Å². The van der Waals surface area contributed by atoms with E-state index in [2.05, 4.69) is 10.4 Å². The Labute approximate surface area is 227 Å². The Morgan fingerprint density at radius 2 is 1.69 bits per heavy atom. The number of carbonyl (C=O) groups excluding carboxylic acids is 1. The van der Waals surface area contributed by atoms with Crippen LogP contribution in [0.25, 0.3) is 0 Å². The van der Waals surface area contributed by atoms with E-state index in [1.54, 1.807) is 30.3 Å². The Kier molecular flexibility index (Phi) is 7.23. The molecule has 2 aromatic carbocycles. The van der Waals surface area contributed by atoms with Crippen LogP contribution in [0.15, 0.2) is 42.5 Å². The van der Waals surface area contributed by atoms with Crippen molar-refractivity contribution in [3.05, 3.63) is 64.6 Å². The molecule has 2 aliphatic heterocycles. The fraction of sp³-hybridized carbons (Fsp3) is 0.385. The van der Waals surface area contributed by atoms with Gasteiger partial charge in [-0.1, -0.05) is 17.7 Å². The summed E-state index contributed by atoms with van der Waals surface area (Å²) in [5, 5.41) is 6.94. The molecule has 5 rings (SSSR count). The number of aromatic nitrogens is 2. The third-order valence-electron chi connectivity index (χ3n) is 7.07. The number of methoxy groups -OCH3 is 2. The molecule has 2 unspecified atom stereocenters. The topological polar surface area (TPSA) is 71.9 Å². The molecule has 0 saturated carbocycles. The van der Waals surface area contributed by atoms with Crippen LogP contribution in [0, 0.1) is 5.82 Å². The van der Waals surface area contributed by atoms with Gasteiger partial charge in [0.05, 0.1) is 20.3 Å². The molecular weight excluding hydrogens is 542 g/mol. The molecule has 1 N–H and O–H groups in total. The largest absolute Gasteiger partial charge is 0.493 e. The van der Waals surface area contributed by atoms with Crippen molar-refractivity contribution < 1.29 is 31.8 Å². The van der Waals surface area contributed by atoms with Crippen LogP contribution >= 0.6 is 11.6 Å². The van der Waals surface area contributed by atoms with E-state index in [1.807, 2.05) is 4.90 Å².